The predicted octanol–water partition coefficient (Wildman–Crippen LogP) is 2.60. The minimum atomic E-state index is -1.39. The van der Waals surface area contributed by atoms with Crippen LogP contribution in [0.2, 0.25) is 0 Å². The molecule has 6 atom stereocenters. The van der Waals surface area contributed by atoms with Crippen LogP contribution in [-0.2, 0) is 14.3 Å². The van der Waals surface area contributed by atoms with Crippen molar-refractivity contribution in [1.82, 2.24) is 4.90 Å². The third kappa shape index (κ3) is 2.69. The van der Waals surface area contributed by atoms with Crippen LogP contribution in [0.15, 0.2) is 24.3 Å². The van der Waals surface area contributed by atoms with Gasteiger partial charge in [-0.2, -0.15) is 0 Å². The van der Waals surface area contributed by atoms with E-state index in [0.29, 0.717) is 25.8 Å². The van der Waals surface area contributed by atoms with Crippen molar-refractivity contribution in [3.8, 4) is 5.75 Å². The first-order chi connectivity index (χ1) is 12.9. The van der Waals surface area contributed by atoms with Crippen LogP contribution < -0.4 is 0 Å². The molecule has 0 spiro atoms. The first-order valence-corrected chi connectivity index (χ1v) is 9.95. The van der Waals surface area contributed by atoms with Gasteiger partial charge in [0.15, 0.2) is 5.79 Å². The Bertz CT molecular complexity index is 747. The number of nitrogens with zero attached hydrogens (tertiary/aromatic N) is 1. The van der Waals surface area contributed by atoms with E-state index in [0.717, 1.165) is 12.0 Å². The Morgan fingerprint density at radius 1 is 1.15 bits per heavy atom. The fourth-order valence-electron chi connectivity index (χ4n) is 5.35. The number of benzene rings is 1. The highest BCUT2D eigenvalue weighted by molar-refractivity contribution is 6.05. The van der Waals surface area contributed by atoms with Crippen molar-refractivity contribution in [1.29, 1.82) is 0 Å². The largest absolute Gasteiger partial charge is 0.508 e. The second-order valence-electron chi connectivity index (χ2n) is 8.09. The number of phenolic OH excluding ortho intramolecular Hbond substituents is 1. The van der Waals surface area contributed by atoms with Crippen LogP contribution in [0.3, 0.4) is 0 Å². The number of amides is 2. The van der Waals surface area contributed by atoms with Crippen LogP contribution >= 0.6 is 0 Å². The lowest BCUT2D eigenvalue weighted by Gasteiger charge is -2.44. The Morgan fingerprint density at radius 2 is 1.85 bits per heavy atom. The average molecular weight is 373 g/mol. The number of hydrogen-bond acceptors (Lipinski definition) is 5. The fourth-order valence-corrected chi connectivity index (χ4v) is 5.35. The zero-order valence-electron chi connectivity index (χ0n) is 15.8. The molecule has 0 radical (unpaired) electrons. The van der Waals surface area contributed by atoms with Crippen molar-refractivity contribution in [2.24, 2.45) is 23.7 Å². The maximum absolute atomic E-state index is 13.0. The fraction of sp³-hybridized carbons (Fsp3) is 0.619. The van der Waals surface area contributed by atoms with E-state index in [4.69, 9.17) is 4.74 Å². The highest BCUT2D eigenvalue weighted by Crippen LogP contribution is 2.58. The van der Waals surface area contributed by atoms with Gasteiger partial charge >= 0.3 is 0 Å². The molecule has 1 aliphatic carbocycles. The van der Waals surface area contributed by atoms with Gasteiger partial charge in [-0.25, -0.2) is 0 Å². The molecule has 6 heteroatoms. The number of imide groups is 1. The number of fused-ring (bicyclic) bond motifs is 3. The molecule has 27 heavy (non-hydrogen) atoms. The van der Waals surface area contributed by atoms with E-state index < -0.39 is 17.6 Å². The minimum absolute atomic E-state index is 0.0829. The summed E-state index contributed by atoms with van der Waals surface area (Å²) in [5, 5.41) is 21.0. The first kappa shape index (κ1) is 18.4. The van der Waals surface area contributed by atoms with Gasteiger partial charge in [0, 0.05) is 18.4 Å². The number of aromatic hydroxyl groups is 1. The molecular formula is C21H27NO5. The number of ether oxygens (including phenoxy) is 1. The molecule has 1 aromatic rings. The lowest BCUT2D eigenvalue weighted by Crippen LogP contribution is -2.53. The molecule has 0 bridgehead atoms. The Balaban J connectivity index is 1.68. The summed E-state index contributed by atoms with van der Waals surface area (Å²) in [5.41, 5.74) is 0.865. The Hall–Kier alpha value is -1.92. The first-order valence-electron chi connectivity index (χ1n) is 9.95. The number of hydrogen-bond donors (Lipinski definition) is 2. The van der Waals surface area contributed by atoms with Crippen molar-refractivity contribution in [3.05, 3.63) is 29.8 Å². The van der Waals surface area contributed by atoms with Gasteiger partial charge in [0.05, 0.1) is 17.9 Å². The monoisotopic (exact) mass is 373 g/mol. The molecule has 6 nitrogen and oxygen atoms in total. The highest BCUT2D eigenvalue weighted by Gasteiger charge is 2.66. The van der Waals surface area contributed by atoms with Gasteiger partial charge in [0.1, 0.15) is 5.75 Å². The van der Waals surface area contributed by atoms with Crippen molar-refractivity contribution in [2.75, 3.05) is 6.54 Å². The second-order valence-corrected chi connectivity index (χ2v) is 8.09. The molecule has 2 aliphatic heterocycles. The van der Waals surface area contributed by atoms with Crippen LogP contribution in [0.1, 0.15) is 51.2 Å². The lowest BCUT2D eigenvalue weighted by atomic mass is 9.64. The Morgan fingerprint density at radius 3 is 2.48 bits per heavy atom. The third-order valence-electron chi connectivity index (χ3n) is 6.66. The van der Waals surface area contributed by atoms with E-state index >= 15 is 0 Å². The van der Waals surface area contributed by atoms with Gasteiger partial charge in [-0.15, -0.1) is 0 Å². The molecule has 3 fully saturated rings. The maximum atomic E-state index is 13.0. The van der Waals surface area contributed by atoms with Crippen molar-refractivity contribution < 1.29 is 24.5 Å². The number of rotatable bonds is 4. The topological polar surface area (TPSA) is 87.1 Å². The third-order valence-corrected chi connectivity index (χ3v) is 6.66. The number of aliphatic hydroxyl groups is 1. The number of phenols is 1. The minimum Gasteiger partial charge on any atom is -0.508 e. The van der Waals surface area contributed by atoms with Gasteiger partial charge in [-0.05, 0) is 43.4 Å². The molecule has 2 amide bonds. The summed E-state index contributed by atoms with van der Waals surface area (Å²) >= 11 is 0. The normalized spacial score (nSPS) is 38.2. The molecule has 2 saturated heterocycles. The van der Waals surface area contributed by atoms with Crippen molar-refractivity contribution in [2.45, 2.75) is 51.4 Å². The number of carbonyl (C=O) groups is 2. The summed E-state index contributed by atoms with van der Waals surface area (Å²) in [6.45, 7) is 4.38. The molecule has 1 aromatic carbocycles. The van der Waals surface area contributed by atoms with Crippen LogP contribution in [0.5, 0.6) is 5.75 Å². The van der Waals surface area contributed by atoms with E-state index in [9.17, 15) is 19.8 Å². The molecule has 2 N–H and O–H groups in total. The van der Waals surface area contributed by atoms with E-state index in [1.807, 2.05) is 13.8 Å². The standard InChI is InChI=1S/C21H27NO5/c1-3-9-22-19(24)15-10-13(4-2)21(26)16(18(15)20(22)25)11-17(27-21)12-5-7-14(23)8-6-12/h5-8,13,15-18,23,26H,3-4,9-11H2,1-2H3/t13-,15-,16-,17-,18-,21+/m0/s1. The van der Waals surface area contributed by atoms with E-state index in [-0.39, 0.29) is 35.5 Å². The predicted molar refractivity (Wildman–Crippen MR) is 97.4 cm³/mol. The maximum Gasteiger partial charge on any atom is 0.233 e. The van der Waals surface area contributed by atoms with Crippen molar-refractivity contribution in [3.63, 3.8) is 0 Å². The molecule has 146 valence electrons. The molecule has 0 aromatic heterocycles. The number of carbonyl (C=O) groups excluding carboxylic acids is 2. The molecule has 1 saturated carbocycles. The van der Waals surface area contributed by atoms with Crippen LogP contribution in [0.4, 0.5) is 0 Å². The van der Waals surface area contributed by atoms with Gasteiger partial charge < -0.3 is 14.9 Å². The van der Waals surface area contributed by atoms with E-state index in [1.54, 1.807) is 24.3 Å². The van der Waals surface area contributed by atoms with Gasteiger partial charge in [0.2, 0.25) is 11.8 Å². The summed E-state index contributed by atoms with van der Waals surface area (Å²) in [4.78, 5) is 27.2. The number of likely N-dealkylation sites (tertiary alicyclic amines) is 1. The zero-order chi connectivity index (χ0) is 19.3. The summed E-state index contributed by atoms with van der Waals surface area (Å²) in [5.74, 6) is -2.87. The Labute approximate surface area is 159 Å². The smallest absolute Gasteiger partial charge is 0.233 e. The quantitative estimate of drug-likeness (QED) is 0.792. The Kier molecular flexibility index (Phi) is 4.51. The van der Waals surface area contributed by atoms with Gasteiger partial charge in [-0.3, -0.25) is 14.5 Å². The zero-order valence-corrected chi connectivity index (χ0v) is 15.8. The molecular weight excluding hydrogens is 346 g/mol. The highest BCUT2D eigenvalue weighted by atomic mass is 16.6. The summed E-state index contributed by atoms with van der Waals surface area (Å²) in [6.07, 6.45) is 2.05. The lowest BCUT2D eigenvalue weighted by molar-refractivity contribution is -0.269. The second kappa shape index (κ2) is 6.60. The van der Waals surface area contributed by atoms with Crippen LogP contribution in [0.25, 0.3) is 0 Å². The van der Waals surface area contributed by atoms with Gasteiger partial charge in [-0.1, -0.05) is 26.0 Å². The van der Waals surface area contributed by atoms with Crippen LogP contribution in [0, 0.1) is 23.7 Å². The van der Waals surface area contributed by atoms with E-state index in [1.165, 1.54) is 4.90 Å². The molecule has 3 aliphatic rings. The molecule has 0 unspecified atom stereocenters. The summed E-state index contributed by atoms with van der Waals surface area (Å²) < 4.78 is 6.16. The van der Waals surface area contributed by atoms with Gasteiger partial charge in [0.25, 0.3) is 0 Å². The summed E-state index contributed by atoms with van der Waals surface area (Å²) in [7, 11) is 0. The van der Waals surface area contributed by atoms with Crippen molar-refractivity contribution >= 4 is 11.8 Å². The van der Waals surface area contributed by atoms with E-state index in [2.05, 4.69) is 0 Å². The molecule has 4 rings (SSSR count). The average Bonchev–Trinajstić information content (AvgIpc) is 3.12. The molecule has 2 heterocycles. The SMILES string of the molecule is CCCN1C(=O)[C@H]2[C@H](C[C@H](CC)[C@@]3(O)O[C@H](c4ccc(O)cc4)C[C@@H]23)C1=O. The summed E-state index contributed by atoms with van der Waals surface area (Å²) in [6, 6.07) is 6.75. The van der Waals surface area contributed by atoms with Crippen LogP contribution in [-0.4, -0.2) is 39.3 Å².